The highest BCUT2D eigenvalue weighted by atomic mass is 19.4. The quantitative estimate of drug-likeness (QED) is 0.484. The number of esters is 1. The van der Waals surface area contributed by atoms with E-state index in [2.05, 4.69) is 5.32 Å². The summed E-state index contributed by atoms with van der Waals surface area (Å²) in [6, 6.07) is 10.6. The first kappa shape index (κ1) is 23.6. The van der Waals surface area contributed by atoms with E-state index in [-0.39, 0.29) is 18.6 Å². The number of ether oxygens (including phenoxy) is 1. The van der Waals surface area contributed by atoms with E-state index in [9.17, 15) is 32.3 Å². The van der Waals surface area contributed by atoms with Gasteiger partial charge in [-0.25, -0.2) is 0 Å². The van der Waals surface area contributed by atoms with Crippen molar-refractivity contribution < 1.29 is 37.1 Å². The van der Waals surface area contributed by atoms with Gasteiger partial charge in [0.15, 0.2) is 12.4 Å². The third kappa shape index (κ3) is 7.57. The first-order chi connectivity index (χ1) is 14.6. The molecular formula is C21H19F3N2O5. The van der Waals surface area contributed by atoms with Crippen molar-refractivity contribution in [1.82, 2.24) is 0 Å². The minimum absolute atomic E-state index is 0.119. The van der Waals surface area contributed by atoms with Crippen LogP contribution in [0.2, 0.25) is 0 Å². The summed E-state index contributed by atoms with van der Waals surface area (Å²) in [5.41, 5.74) is -0.558. The van der Waals surface area contributed by atoms with Crippen molar-refractivity contribution in [3.63, 3.8) is 0 Å². The maximum Gasteiger partial charge on any atom is 0.418 e. The summed E-state index contributed by atoms with van der Waals surface area (Å²) < 4.78 is 43.4. The number of halogens is 3. The Morgan fingerprint density at radius 1 is 0.871 bits per heavy atom. The SMILES string of the molecule is CC(=O)c1ccc(NC(=O)CCC(=O)OCC(=O)Nc2ccccc2C(F)(F)F)cc1. The van der Waals surface area contributed by atoms with Gasteiger partial charge in [-0.15, -0.1) is 0 Å². The zero-order chi connectivity index (χ0) is 23.0. The zero-order valence-electron chi connectivity index (χ0n) is 16.4. The van der Waals surface area contributed by atoms with Crippen molar-refractivity contribution in [2.75, 3.05) is 17.2 Å². The second-order valence-electron chi connectivity index (χ2n) is 6.43. The first-order valence-electron chi connectivity index (χ1n) is 9.09. The van der Waals surface area contributed by atoms with Crippen LogP contribution in [0.3, 0.4) is 0 Å². The normalized spacial score (nSPS) is 10.8. The Hall–Kier alpha value is -3.69. The number of amides is 2. The lowest BCUT2D eigenvalue weighted by molar-refractivity contribution is -0.148. The number of para-hydroxylation sites is 1. The molecule has 0 unspecified atom stereocenters. The molecule has 7 nitrogen and oxygen atoms in total. The van der Waals surface area contributed by atoms with Gasteiger partial charge in [0, 0.05) is 17.7 Å². The molecule has 0 bridgehead atoms. The molecule has 2 aromatic rings. The standard InChI is InChI=1S/C21H19F3N2O5/c1-13(27)14-6-8-15(9-7-14)25-18(28)10-11-20(30)31-12-19(29)26-17-5-3-2-4-16(17)21(22,23)24/h2-9H,10-12H2,1H3,(H,25,28)(H,26,29). The molecular weight excluding hydrogens is 417 g/mol. The Labute approximate surface area is 175 Å². The van der Waals surface area contributed by atoms with Crippen LogP contribution < -0.4 is 10.6 Å². The molecule has 0 aliphatic carbocycles. The minimum atomic E-state index is -4.65. The third-order valence-electron chi connectivity index (χ3n) is 4.00. The summed E-state index contributed by atoms with van der Waals surface area (Å²) in [5, 5.41) is 4.58. The topological polar surface area (TPSA) is 102 Å². The lowest BCUT2D eigenvalue weighted by Gasteiger charge is -2.13. The average molecular weight is 436 g/mol. The molecule has 31 heavy (non-hydrogen) atoms. The molecule has 0 aromatic heterocycles. The fourth-order valence-corrected chi connectivity index (χ4v) is 2.47. The van der Waals surface area contributed by atoms with Crippen LogP contribution in [0, 0.1) is 0 Å². The molecule has 2 aromatic carbocycles. The van der Waals surface area contributed by atoms with Crippen molar-refractivity contribution in [3.05, 3.63) is 59.7 Å². The number of nitrogens with one attached hydrogen (secondary N) is 2. The highest BCUT2D eigenvalue weighted by molar-refractivity contribution is 5.96. The van der Waals surface area contributed by atoms with E-state index in [0.717, 1.165) is 12.1 Å². The molecule has 0 fully saturated rings. The van der Waals surface area contributed by atoms with E-state index in [1.54, 1.807) is 12.1 Å². The molecule has 2 amide bonds. The van der Waals surface area contributed by atoms with Crippen LogP contribution in [0.1, 0.15) is 35.7 Å². The fourth-order valence-electron chi connectivity index (χ4n) is 2.47. The van der Waals surface area contributed by atoms with E-state index in [4.69, 9.17) is 4.74 Å². The van der Waals surface area contributed by atoms with Gasteiger partial charge < -0.3 is 15.4 Å². The summed E-state index contributed by atoms with van der Waals surface area (Å²) in [7, 11) is 0. The zero-order valence-corrected chi connectivity index (χ0v) is 16.4. The summed E-state index contributed by atoms with van der Waals surface area (Å²) >= 11 is 0. The number of carbonyl (C=O) groups excluding carboxylic acids is 4. The van der Waals surface area contributed by atoms with Gasteiger partial charge in [-0.3, -0.25) is 19.2 Å². The highest BCUT2D eigenvalue weighted by Gasteiger charge is 2.33. The van der Waals surface area contributed by atoms with E-state index in [0.29, 0.717) is 11.3 Å². The molecule has 2 N–H and O–H groups in total. The largest absolute Gasteiger partial charge is 0.456 e. The van der Waals surface area contributed by atoms with Crippen molar-refractivity contribution in [2.24, 2.45) is 0 Å². The Bertz CT molecular complexity index is 972. The molecule has 2 rings (SSSR count). The van der Waals surface area contributed by atoms with Gasteiger partial charge >= 0.3 is 12.1 Å². The van der Waals surface area contributed by atoms with Crippen molar-refractivity contribution in [3.8, 4) is 0 Å². The van der Waals surface area contributed by atoms with Gasteiger partial charge in [-0.1, -0.05) is 12.1 Å². The van der Waals surface area contributed by atoms with Crippen molar-refractivity contribution >= 4 is 34.9 Å². The number of benzene rings is 2. The van der Waals surface area contributed by atoms with Gasteiger partial charge in [-0.05, 0) is 43.3 Å². The molecule has 0 heterocycles. The average Bonchev–Trinajstić information content (AvgIpc) is 2.70. The summed E-state index contributed by atoms with van der Waals surface area (Å²) in [5.74, 6) is -2.41. The van der Waals surface area contributed by atoms with Crippen LogP contribution in [0.4, 0.5) is 24.5 Å². The second-order valence-corrected chi connectivity index (χ2v) is 6.43. The lowest BCUT2D eigenvalue weighted by Crippen LogP contribution is -2.23. The summed E-state index contributed by atoms with van der Waals surface area (Å²) in [4.78, 5) is 46.6. The van der Waals surface area contributed by atoms with E-state index < -0.39 is 41.8 Å². The molecule has 0 saturated carbocycles. The van der Waals surface area contributed by atoms with Crippen LogP contribution >= 0.6 is 0 Å². The van der Waals surface area contributed by atoms with Crippen LogP contribution in [0.15, 0.2) is 48.5 Å². The molecule has 0 saturated heterocycles. The lowest BCUT2D eigenvalue weighted by atomic mass is 10.1. The Morgan fingerprint density at radius 2 is 1.52 bits per heavy atom. The first-order valence-corrected chi connectivity index (χ1v) is 9.09. The Balaban J connectivity index is 1.76. The fraction of sp³-hybridized carbons (Fsp3) is 0.238. The smallest absolute Gasteiger partial charge is 0.418 e. The Morgan fingerprint density at radius 3 is 2.13 bits per heavy atom. The summed E-state index contributed by atoms with van der Waals surface area (Å²) in [6.45, 7) is 0.619. The van der Waals surface area contributed by atoms with E-state index in [1.165, 1.54) is 31.2 Å². The van der Waals surface area contributed by atoms with E-state index >= 15 is 0 Å². The second kappa shape index (κ2) is 10.4. The number of alkyl halides is 3. The van der Waals surface area contributed by atoms with Crippen LogP contribution in [-0.2, 0) is 25.3 Å². The number of anilines is 2. The molecule has 10 heteroatoms. The van der Waals surface area contributed by atoms with Gasteiger partial charge in [-0.2, -0.15) is 13.2 Å². The van der Waals surface area contributed by atoms with Crippen LogP contribution in [-0.4, -0.2) is 30.2 Å². The number of hydrogen-bond donors (Lipinski definition) is 2. The van der Waals surface area contributed by atoms with Crippen molar-refractivity contribution in [2.45, 2.75) is 25.9 Å². The number of hydrogen-bond acceptors (Lipinski definition) is 5. The van der Waals surface area contributed by atoms with Crippen LogP contribution in [0.5, 0.6) is 0 Å². The number of Topliss-reactive ketones (excluding diaryl/α,β-unsaturated/α-hetero) is 1. The number of ketones is 1. The molecule has 0 atom stereocenters. The molecule has 0 aliphatic heterocycles. The monoisotopic (exact) mass is 436 g/mol. The predicted molar refractivity (Wildman–Crippen MR) is 105 cm³/mol. The van der Waals surface area contributed by atoms with Gasteiger partial charge in [0.25, 0.3) is 5.91 Å². The van der Waals surface area contributed by atoms with Gasteiger partial charge in [0.1, 0.15) is 0 Å². The number of rotatable bonds is 8. The Kier molecular flexibility index (Phi) is 7.89. The van der Waals surface area contributed by atoms with Gasteiger partial charge in [0.2, 0.25) is 5.91 Å². The van der Waals surface area contributed by atoms with Gasteiger partial charge in [0.05, 0.1) is 17.7 Å². The molecule has 0 spiro atoms. The van der Waals surface area contributed by atoms with Crippen molar-refractivity contribution in [1.29, 1.82) is 0 Å². The predicted octanol–water partition coefficient (Wildman–Crippen LogP) is 3.81. The molecule has 0 aliphatic rings. The number of carbonyl (C=O) groups is 4. The molecule has 164 valence electrons. The van der Waals surface area contributed by atoms with E-state index in [1.807, 2.05) is 5.32 Å². The van der Waals surface area contributed by atoms with Crippen LogP contribution in [0.25, 0.3) is 0 Å². The third-order valence-corrected chi connectivity index (χ3v) is 4.00. The highest BCUT2D eigenvalue weighted by Crippen LogP contribution is 2.34. The minimum Gasteiger partial charge on any atom is -0.456 e. The maximum atomic E-state index is 12.9. The maximum absolute atomic E-state index is 12.9. The molecule has 0 radical (unpaired) electrons. The summed E-state index contributed by atoms with van der Waals surface area (Å²) in [6.07, 6.45) is -5.21.